The van der Waals surface area contributed by atoms with Crippen LogP contribution in [0.5, 0.6) is 0 Å². The van der Waals surface area contributed by atoms with Crippen LogP contribution in [0.4, 0.5) is 5.82 Å². The minimum Gasteiger partial charge on any atom is -0.346 e. The van der Waals surface area contributed by atoms with Gasteiger partial charge in [-0.25, -0.2) is 4.68 Å². The molecule has 4 saturated carbocycles. The molecule has 0 saturated heterocycles. The first-order valence-electron chi connectivity index (χ1n) is 11.4. The van der Waals surface area contributed by atoms with Crippen molar-refractivity contribution in [2.45, 2.75) is 63.5 Å². The topological polar surface area (TPSA) is 59.0 Å². The first-order valence-corrected chi connectivity index (χ1v) is 11.4. The number of carbonyl (C=O) groups excluding carboxylic acids is 1. The molecular formula is C25H30N4O. The number of nitrogens with zero attached hydrogens (tertiary/aromatic N) is 2. The third-order valence-electron chi connectivity index (χ3n) is 7.81. The predicted molar refractivity (Wildman–Crippen MR) is 118 cm³/mol. The molecule has 2 N–H and O–H groups in total. The average molecular weight is 403 g/mol. The van der Waals surface area contributed by atoms with Crippen molar-refractivity contribution in [2.24, 2.45) is 17.8 Å². The summed E-state index contributed by atoms with van der Waals surface area (Å²) in [6, 6.07) is 10.3. The Morgan fingerprint density at radius 1 is 1.07 bits per heavy atom. The molecule has 4 aliphatic carbocycles. The Kier molecular flexibility index (Phi) is 3.78. The third-order valence-corrected chi connectivity index (χ3v) is 7.81. The molecule has 1 aromatic heterocycles. The molecule has 0 radical (unpaired) electrons. The SMILES string of the molecule is CC1(C)C=C(c2ccccc2)Nc2c(C(=O)NC34CC5CC(CC(C5)C3)C4)cnn21. The van der Waals surface area contributed by atoms with E-state index in [1.54, 1.807) is 6.20 Å². The molecule has 2 aromatic rings. The van der Waals surface area contributed by atoms with Crippen LogP contribution in [0.2, 0.25) is 0 Å². The van der Waals surface area contributed by atoms with Gasteiger partial charge in [0.1, 0.15) is 11.4 Å². The molecule has 5 heteroatoms. The summed E-state index contributed by atoms with van der Waals surface area (Å²) in [6.07, 6.45) is 11.5. The van der Waals surface area contributed by atoms with Crippen molar-refractivity contribution >= 4 is 17.4 Å². The first-order chi connectivity index (χ1) is 14.4. The maximum atomic E-state index is 13.5. The largest absolute Gasteiger partial charge is 0.346 e. The molecule has 4 fully saturated rings. The zero-order valence-electron chi connectivity index (χ0n) is 17.8. The van der Waals surface area contributed by atoms with E-state index in [-0.39, 0.29) is 17.0 Å². The molecule has 1 aromatic carbocycles. The lowest BCUT2D eigenvalue weighted by atomic mass is 9.53. The lowest BCUT2D eigenvalue weighted by Crippen LogP contribution is -2.59. The Balaban J connectivity index is 1.30. The number of anilines is 1. The molecule has 0 spiro atoms. The lowest BCUT2D eigenvalue weighted by molar-refractivity contribution is -0.0166. The smallest absolute Gasteiger partial charge is 0.257 e. The van der Waals surface area contributed by atoms with Gasteiger partial charge in [-0.15, -0.1) is 0 Å². The van der Waals surface area contributed by atoms with Gasteiger partial charge in [0.15, 0.2) is 0 Å². The monoisotopic (exact) mass is 402 g/mol. The van der Waals surface area contributed by atoms with E-state index in [9.17, 15) is 4.79 Å². The Morgan fingerprint density at radius 3 is 2.33 bits per heavy atom. The van der Waals surface area contributed by atoms with Gasteiger partial charge >= 0.3 is 0 Å². The van der Waals surface area contributed by atoms with E-state index in [0.29, 0.717) is 5.56 Å². The highest BCUT2D eigenvalue weighted by atomic mass is 16.1. The molecule has 5 aliphatic rings. The van der Waals surface area contributed by atoms with E-state index in [1.165, 1.54) is 19.3 Å². The van der Waals surface area contributed by atoms with E-state index >= 15 is 0 Å². The fraction of sp³-hybridized carbons (Fsp3) is 0.520. The van der Waals surface area contributed by atoms with E-state index in [0.717, 1.165) is 54.1 Å². The molecule has 1 amide bonds. The number of amides is 1. The number of carbonyl (C=O) groups is 1. The molecule has 2 heterocycles. The minimum atomic E-state index is -0.315. The van der Waals surface area contributed by atoms with Crippen molar-refractivity contribution < 1.29 is 4.79 Å². The number of rotatable bonds is 3. The van der Waals surface area contributed by atoms with Crippen molar-refractivity contribution in [2.75, 3.05) is 5.32 Å². The van der Waals surface area contributed by atoms with Crippen LogP contribution in [0.1, 0.15) is 68.3 Å². The molecule has 0 atom stereocenters. The number of hydrogen-bond donors (Lipinski definition) is 2. The number of allylic oxidation sites excluding steroid dienone is 1. The quantitative estimate of drug-likeness (QED) is 0.776. The van der Waals surface area contributed by atoms with Gasteiger partial charge in [-0.2, -0.15) is 5.10 Å². The van der Waals surface area contributed by atoms with Crippen molar-refractivity contribution in [1.29, 1.82) is 0 Å². The number of aromatic nitrogens is 2. The zero-order chi connectivity index (χ0) is 20.5. The summed E-state index contributed by atoms with van der Waals surface area (Å²) in [5.74, 6) is 3.24. The highest BCUT2D eigenvalue weighted by molar-refractivity contribution is 6.01. The van der Waals surface area contributed by atoms with Crippen LogP contribution in [0, 0.1) is 17.8 Å². The van der Waals surface area contributed by atoms with Crippen LogP contribution in [0.3, 0.4) is 0 Å². The third kappa shape index (κ3) is 2.82. The summed E-state index contributed by atoms with van der Waals surface area (Å²) in [7, 11) is 0. The van der Waals surface area contributed by atoms with Crippen LogP contribution >= 0.6 is 0 Å². The van der Waals surface area contributed by atoms with Crippen molar-refractivity contribution in [1.82, 2.24) is 15.1 Å². The summed E-state index contributed by atoms with van der Waals surface area (Å²) in [4.78, 5) is 13.5. The number of benzene rings is 1. The van der Waals surface area contributed by atoms with Crippen LogP contribution in [0.15, 0.2) is 42.6 Å². The Hall–Kier alpha value is -2.56. The van der Waals surface area contributed by atoms with Gasteiger partial charge in [0.05, 0.1) is 11.7 Å². The normalized spacial score (nSPS) is 32.9. The second-order valence-electron chi connectivity index (χ2n) is 10.7. The van der Waals surface area contributed by atoms with E-state index in [2.05, 4.69) is 47.8 Å². The second-order valence-corrected chi connectivity index (χ2v) is 10.7. The van der Waals surface area contributed by atoms with Gasteiger partial charge in [0.2, 0.25) is 0 Å². The molecular weight excluding hydrogens is 372 g/mol. The summed E-state index contributed by atoms with van der Waals surface area (Å²) in [6.45, 7) is 4.27. The van der Waals surface area contributed by atoms with Crippen molar-refractivity contribution in [3.8, 4) is 0 Å². The van der Waals surface area contributed by atoms with Crippen LogP contribution in [-0.4, -0.2) is 21.2 Å². The molecule has 5 nitrogen and oxygen atoms in total. The predicted octanol–water partition coefficient (Wildman–Crippen LogP) is 4.78. The fourth-order valence-corrected chi connectivity index (χ4v) is 6.99. The van der Waals surface area contributed by atoms with E-state index < -0.39 is 0 Å². The molecule has 4 bridgehead atoms. The van der Waals surface area contributed by atoms with Gasteiger partial charge in [0, 0.05) is 11.2 Å². The minimum absolute atomic E-state index is 0.00291. The highest BCUT2D eigenvalue weighted by Crippen LogP contribution is 2.55. The molecule has 1 aliphatic heterocycles. The summed E-state index contributed by atoms with van der Waals surface area (Å²) >= 11 is 0. The van der Waals surface area contributed by atoms with Crippen molar-refractivity contribution in [3.05, 3.63) is 53.7 Å². The standard InChI is InChI=1S/C25H30N4O/c1-24(2)14-21(19-6-4-3-5-7-19)27-22-20(15-26-29(22)24)23(30)28-25-11-16-8-17(12-25)10-18(9-16)13-25/h3-7,14-18,27H,8-13H2,1-2H3,(H,28,30). The average Bonchev–Trinajstić information content (AvgIpc) is 3.12. The summed E-state index contributed by atoms with van der Waals surface area (Å²) in [5, 5.41) is 11.6. The van der Waals surface area contributed by atoms with Crippen LogP contribution < -0.4 is 10.6 Å². The van der Waals surface area contributed by atoms with Gasteiger partial charge < -0.3 is 10.6 Å². The maximum absolute atomic E-state index is 13.5. The summed E-state index contributed by atoms with van der Waals surface area (Å²) < 4.78 is 1.94. The second kappa shape index (κ2) is 6.22. The maximum Gasteiger partial charge on any atom is 0.257 e. The highest BCUT2D eigenvalue weighted by Gasteiger charge is 2.51. The molecule has 0 unspecified atom stereocenters. The molecule has 7 rings (SSSR count). The number of hydrogen-bond acceptors (Lipinski definition) is 3. The Bertz CT molecular complexity index is 997. The fourth-order valence-electron chi connectivity index (χ4n) is 6.99. The van der Waals surface area contributed by atoms with Crippen molar-refractivity contribution in [3.63, 3.8) is 0 Å². The van der Waals surface area contributed by atoms with Gasteiger partial charge in [0.25, 0.3) is 5.91 Å². The number of fused-ring (bicyclic) bond motifs is 1. The first kappa shape index (κ1) is 18.2. The van der Waals surface area contributed by atoms with E-state index in [4.69, 9.17) is 0 Å². The molecule has 30 heavy (non-hydrogen) atoms. The summed E-state index contributed by atoms with van der Waals surface area (Å²) in [5.41, 5.74) is 2.48. The van der Waals surface area contributed by atoms with Gasteiger partial charge in [-0.3, -0.25) is 4.79 Å². The lowest BCUT2D eigenvalue weighted by Gasteiger charge is -2.56. The number of nitrogens with one attached hydrogen (secondary N) is 2. The van der Waals surface area contributed by atoms with Gasteiger partial charge in [-0.05, 0) is 81.8 Å². The van der Waals surface area contributed by atoms with E-state index in [1.807, 2.05) is 22.9 Å². The molecule has 156 valence electrons. The van der Waals surface area contributed by atoms with Gasteiger partial charge in [-0.1, -0.05) is 30.3 Å². The van der Waals surface area contributed by atoms with Crippen LogP contribution in [-0.2, 0) is 5.54 Å². The van der Waals surface area contributed by atoms with Crippen LogP contribution in [0.25, 0.3) is 5.70 Å². The zero-order valence-corrected chi connectivity index (χ0v) is 17.8. The Labute approximate surface area is 177 Å². The Morgan fingerprint density at radius 2 is 1.70 bits per heavy atom.